The van der Waals surface area contributed by atoms with Crippen LogP contribution in [0.4, 0.5) is 0 Å². The van der Waals surface area contributed by atoms with E-state index >= 15 is 0 Å². The van der Waals surface area contributed by atoms with Crippen LogP contribution in [-0.4, -0.2) is 27.6 Å². The van der Waals surface area contributed by atoms with Gasteiger partial charge in [0.15, 0.2) is 5.78 Å². The molecule has 5 nitrogen and oxygen atoms in total. The normalized spacial score (nSPS) is 10.7. The molecule has 29 heavy (non-hydrogen) atoms. The van der Waals surface area contributed by atoms with Crippen molar-refractivity contribution in [3.05, 3.63) is 92.7 Å². The zero-order valence-electron chi connectivity index (χ0n) is 15.2. The highest BCUT2D eigenvalue weighted by molar-refractivity contribution is 6.37. The summed E-state index contributed by atoms with van der Waals surface area (Å²) in [6.45, 7) is 0. The Bertz CT molecular complexity index is 1090. The first-order chi connectivity index (χ1) is 13.8. The molecule has 0 saturated carbocycles. The van der Waals surface area contributed by atoms with Crippen LogP contribution in [0.5, 0.6) is 0 Å². The van der Waals surface area contributed by atoms with Crippen molar-refractivity contribution in [3.8, 4) is 0 Å². The number of carboxylic acid groups (broad SMARTS) is 1. The number of halogens is 2. The number of hydrogen-bond acceptors (Lipinski definition) is 3. The van der Waals surface area contributed by atoms with Gasteiger partial charge in [0.05, 0.1) is 6.42 Å². The molecule has 0 fully saturated rings. The highest BCUT2D eigenvalue weighted by Crippen LogP contribution is 2.22. The number of H-pyrrole nitrogens is 1. The number of carboxylic acids is 1. The number of nitrogens with one attached hydrogen (secondary N) is 1. The van der Waals surface area contributed by atoms with Crippen molar-refractivity contribution < 1.29 is 19.5 Å². The van der Waals surface area contributed by atoms with E-state index in [4.69, 9.17) is 28.3 Å². The Morgan fingerprint density at radius 2 is 1.45 bits per heavy atom. The lowest BCUT2D eigenvalue weighted by Crippen LogP contribution is -2.17. The maximum Gasteiger partial charge on any atom is 0.372 e. The van der Waals surface area contributed by atoms with Crippen LogP contribution in [0.3, 0.4) is 0 Å². The van der Waals surface area contributed by atoms with Gasteiger partial charge in [-0.1, -0.05) is 47.5 Å². The maximum absolute atomic E-state index is 12.6. The summed E-state index contributed by atoms with van der Waals surface area (Å²) in [5.41, 5.74) is 3.50. The van der Waals surface area contributed by atoms with Gasteiger partial charge >= 0.3 is 5.97 Å². The lowest BCUT2D eigenvalue weighted by atomic mass is 10.0. The van der Waals surface area contributed by atoms with Gasteiger partial charge in [-0.15, -0.1) is 0 Å². The fraction of sp³-hybridized carbons (Fsp3) is 0.136. The zero-order chi connectivity index (χ0) is 21.0. The average molecular weight is 430 g/mol. The van der Waals surface area contributed by atoms with Gasteiger partial charge in [-0.3, -0.25) is 9.59 Å². The van der Waals surface area contributed by atoms with Crippen LogP contribution in [0.1, 0.15) is 39.3 Å². The molecular formula is C22H17Cl2NO4. The van der Waals surface area contributed by atoms with Crippen molar-refractivity contribution in [2.24, 2.45) is 0 Å². The number of rotatable bonds is 8. The van der Waals surface area contributed by atoms with E-state index in [9.17, 15) is 14.4 Å². The average Bonchev–Trinajstić information content (AvgIpc) is 3.03. The highest BCUT2D eigenvalue weighted by atomic mass is 35.5. The van der Waals surface area contributed by atoms with E-state index < -0.39 is 24.0 Å². The van der Waals surface area contributed by atoms with Crippen molar-refractivity contribution >= 4 is 40.7 Å². The number of benzene rings is 2. The molecule has 1 aromatic heterocycles. The van der Waals surface area contributed by atoms with Crippen LogP contribution < -0.4 is 0 Å². The SMILES string of the molecule is O=C(O)C(=O)CC(=O)c1cc(Cc2cccc(Cl)c2)[nH]c1Cc1cccc(Cl)c1. The number of aromatic amines is 1. The van der Waals surface area contributed by atoms with Gasteiger partial charge in [-0.05, 0) is 41.5 Å². The van der Waals surface area contributed by atoms with E-state index in [0.29, 0.717) is 34.1 Å². The molecule has 7 heteroatoms. The summed E-state index contributed by atoms with van der Waals surface area (Å²) < 4.78 is 0. The Labute approximate surface area is 177 Å². The predicted molar refractivity (Wildman–Crippen MR) is 111 cm³/mol. The molecule has 1 heterocycles. The summed E-state index contributed by atoms with van der Waals surface area (Å²) in [4.78, 5) is 38.2. The van der Waals surface area contributed by atoms with Crippen LogP contribution in [0.2, 0.25) is 10.0 Å². The second-order valence-corrected chi connectivity index (χ2v) is 7.50. The van der Waals surface area contributed by atoms with Crippen LogP contribution >= 0.6 is 23.2 Å². The summed E-state index contributed by atoms with van der Waals surface area (Å²) in [5.74, 6) is -3.30. The molecule has 0 spiro atoms. The number of aromatic nitrogens is 1. The number of hydrogen-bond donors (Lipinski definition) is 2. The van der Waals surface area contributed by atoms with Crippen LogP contribution in [0, 0.1) is 0 Å². The zero-order valence-corrected chi connectivity index (χ0v) is 16.8. The van der Waals surface area contributed by atoms with Crippen molar-refractivity contribution in [3.63, 3.8) is 0 Å². The monoisotopic (exact) mass is 429 g/mol. The van der Waals surface area contributed by atoms with Gasteiger partial charge < -0.3 is 10.1 Å². The topological polar surface area (TPSA) is 87.2 Å². The Morgan fingerprint density at radius 3 is 2.00 bits per heavy atom. The summed E-state index contributed by atoms with van der Waals surface area (Å²) in [6.07, 6.45) is 0.202. The summed E-state index contributed by atoms with van der Waals surface area (Å²) >= 11 is 12.1. The molecule has 0 aliphatic carbocycles. The number of Topliss-reactive ketones (excluding diaryl/α,β-unsaturated/α-hetero) is 2. The molecule has 0 radical (unpaired) electrons. The van der Waals surface area contributed by atoms with E-state index in [1.54, 1.807) is 24.3 Å². The summed E-state index contributed by atoms with van der Waals surface area (Å²) in [6, 6.07) is 16.2. The Hall–Kier alpha value is -2.89. The van der Waals surface area contributed by atoms with Gasteiger partial charge in [0, 0.05) is 39.8 Å². The van der Waals surface area contributed by atoms with Crippen molar-refractivity contribution in [2.75, 3.05) is 0 Å². The van der Waals surface area contributed by atoms with E-state index in [1.807, 2.05) is 30.3 Å². The molecule has 3 rings (SSSR count). The quantitative estimate of drug-likeness (QED) is 0.307. The number of carbonyl (C=O) groups excluding carboxylic acids is 2. The third kappa shape index (κ3) is 5.56. The molecule has 2 aromatic carbocycles. The van der Waals surface area contributed by atoms with E-state index in [1.165, 1.54) is 0 Å². The second-order valence-electron chi connectivity index (χ2n) is 6.63. The Balaban J connectivity index is 1.92. The van der Waals surface area contributed by atoms with Gasteiger partial charge in [0.2, 0.25) is 5.78 Å². The molecule has 0 saturated heterocycles. The Kier molecular flexibility index (Phi) is 6.52. The summed E-state index contributed by atoms with van der Waals surface area (Å²) in [5, 5.41) is 9.98. The molecule has 148 valence electrons. The van der Waals surface area contributed by atoms with Gasteiger partial charge in [-0.25, -0.2) is 4.79 Å². The first-order valence-electron chi connectivity index (χ1n) is 8.81. The van der Waals surface area contributed by atoms with Crippen molar-refractivity contribution in [2.45, 2.75) is 19.3 Å². The van der Waals surface area contributed by atoms with Gasteiger partial charge in [0.1, 0.15) is 0 Å². The molecule has 0 aliphatic rings. The van der Waals surface area contributed by atoms with E-state index in [0.717, 1.165) is 16.8 Å². The fourth-order valence-electron chi connectivity index (χ4n) is 3.08. The fourth-order valence-corrected chi connectivity index (χ4v) is 3.50. The molecule has 0 amide bonds. The highest BCUT2D eigenvalue weighted by Gasteiger charge is 2.22. The largest absolute Gasteiger partial charge is 0.475 e. The molecule has 2 N–H and O–H groups in total. The van der Waals surface area contributed by atoms with Crippen molar-refractivity contribution in [1.82, 2.24) is 4.98 Å². The number of aliphatic carboxylic acids is 1. The molecule has 0 atom stereocenters. The van der Waals surface area contributed by atoms with Crippen molar-refractivity contribution in [1.29, 1.82) is 0 Å². The van der Waals surface area contributed by atoms with E-state index in [-0.39, 0.29) is 0 Å². The minimum absolute atomic E-state index is 0.302. The molecule has 0 aliphatic heterocycles. The van der Waals surface area contributed by atoms with E-state index in [2.05, 4.69) is 4.98 Å². The standard InChI is InChI=1S/C22H17Cl2NO4/c23-15-5-1-3-13(7-15)9-17-11-18(20(26)12-21(27)22(28)29)19(25-17)10-14-4-2-6-16(24)8-14/h1-8,11,25H,9-10,12H2,(H,28,29). The Morgan fingerprint density at radius 1 is 0.862 bits per heavy atom. The number of carbonyl (C=O) groups is 3. The third-order valence-corrected chi connectivity index (χ3v) is 4.84. The van der Waals surface area contributed by atoms with Gasteiger partial charge in [-0.2, -0.15) is 0 Å². The second kappa shape index (κ2) is 9.07. The molecular weight excluding hydrogens is 413 g/mol. The minimum atomic E-state index is -1.62. The maximum atomic E-state index is 12.6. The van der Waals surface area contributed by atoms with Gasteiger partial charge in [0.25, 0.3) is 0 Å². The van der Waals surface area contributed by atoms with Crippen LogP contribution in [0.25, 0.3) is 0 Å². The number of ketones is 2. The minimum Gasteiger partial charge on any atom is -0.475 e. The summed E-state index contributed by atoms with van der Waals surface area (Å²) in [7, 11) is 0. The van der Waals surface area contributed by atoms with Crippen LogP contribution in [0.15, 0.2) is 54.6 Å². The lowest BCUT2D eigenvalue weighted by molar-refractivity contribution is -0.148. The first kappa shape index (κ1) is 20.8. The first-order valence-corrected chi connectivity index (χ1v) is 9.56. The smallest absolute Gasteiger partial charge is 0.372 e. The predicted octanol–water partition coefficient (Wildman–Crippen LogP) is 4.73. The lowest BCUT2D eigenvalue weighted by Gasteiger charge is -2.04. The molecule has 0 unspecified atom stereocenters. The molecule has 0 bridgehead atoms. The molecule has 3 aromatic rings. The third-order valence-electron chi connectivity index (χ3n) is 4.37. The van der Waals surface area contributed by atoms with Crippen LogP contribution in [-0.2, 0) is 22.4 Å².